The second-order valence-corrected chi connectivity index (χ2v) is 2.54. The van der Waals surface area contributed by atoms with Crippen molar-refractivity contribution in [3.8, 4) is 0 Å². The molecule has 5 N–H and O–H groups in total. The number of nitrogens with one attached hydrogen (secondary N) is 1. The van der Waals surface area contributed by atoms with Crippen LogP contribution in [0, 0.1) is 5.92 Å². The van der Waals surface area contributed by atoms with Crippen LogP contribution in [-0.2, 0) is 35.4 Å². The second-order valence-electron chi connectivity index (χ2n) is 2.54. The molecule has 0 aliphatic rings. The quantitative estimate of drug-likeness (QED) is 0.623. The van der Waals surface area contributed by atoms with Crippen LogP contribution in [0.15, 0.2) is 0 Å². The molecule has 0 bridgehead atoms. The number of rotatable bonds is 6. The van der Waals surface area contributed by atoms with Crippen LogP contribution in [0.25, 0.3) is 6.15 Å². The fourth-order valence-electron chi connectivity index (χ4n) is 0.819. The van der Waals surface area contributed by atoms with Gasteiger partial charge in [0.15, 0.2) is 5.92 Å². The van der Waals surface area contributed by atoms with Gasteiger partial charge in [0.2, 0.25) is 5.91 Å². The number of carbonyl (C=O) groups is 3. The third kappa shape index (κ3) is 9.36. The zero-order chi connectivity index (χ0) is 10.4. The van der Waals surface area contributed by atoms with Crippen LogP contribution in [-0.4, -0.2) is 28.1 Å². The molecule has 7 nitrogen and oxygen atoms in total. The Hall–Kier alpha value is -0.942. The van der Waals surface area contributed by atoms with Gasteiger partial charge < -0.3 is 16.4 Å². The molecule has 0 saturated carbocycles. The fraction of sp³-hybridized carbons (Fsp3) is 0.571. The first-order chi connectivity index (χ1) is 5.95. The van der Waals surface area contributed by atoms with Gasteiger partial charge in [-0.25, -0.2) is 0 Å². The summed E-state index contributed by atoms with van der Waals surface area (Å²) in [5, 5.41) is 16.8. The number of hydrogen-bond acceptors (Lipinski definition) is 3. The summed E-state index contributed by atoms with van der Waals surface area (Å²) in [6, 6.07) is 0. The maximum Gasteiger partial charge on any atom is 0.317 e. The van der Waals surface area contributed by atoms with Crippen LogP contribution in [0.5, 0.6) is 0 Å². The number of carbonyl (C=O) groups excluding carboxylic acids is 1. The molecule has 91 valence electrons. The van der Waals surface area contributed by atoms with E-state index in [2.05, 4.69) is 0 Å². The van der Waals surface area contributed by atoms with Crippen molar-refractivity contribution in [2.45, 2.75) is 19.3 Å². The molecule has 0 atom stereocenters. The Morgan fingerprint density at radius 3 is 1.80 bits per heavy atom. The first-order valence-corrected chi connectivity index (χ1v) is 3.65. The van der Waals surface area contributed by atoms with Crippen molar-refractivity contribution in [1.82, 2.24) is 5.73 Å². The predicted octanol–water partition coefficient (Wildman–Crippen LogP) is 0.466. The van der Waals surface area contributed by atoms with Crippen LogP contribution in [0.1, 0.15) is 19.3 Å². The molecule has 0 aromatic carbocycles. The van der Waals surface area contributed by atoms with Gasteiger partial charge >= 0.3 is 11.9 Å². The Kier molecular flexibility index (Phi) is 12.6. The number of nitrogens with two attached hydrogens (primary N) is 1. The summed E-state index contributed by atoms with van der Waals surface area (Å²) < 4.78 is 0. The van der Waals surface area contributed by atoms with E-state index in [9.17, 15) is 14.4 Å². The van der Waals surface area contributed by atoms with Gasteiger partial charge in [-0.05, 0) is 12.8 Å². The number of amides is 1. The normalized spacial score (nSPS) is 8.60. The SMILES string of the molecule is [NH2-].[NH]C(=O)CCCC(C(=O)O)C(=O)O.[Pt]. The number of carboxylic acids is 2. The molecule has 1 amide bonds. The van der Waals surface area contributed by atoms with E-state index in [0.29, 0.717) is 0 Å². The Morgan fingerprint density at radius 2 is 1.53 bits per heavy atom. The summed E-state index contributed by atoms with van der Waals surface area (Å²) in [5.41, 5.74) is 6.50. The average Bonchev–Trinajstić information content (AvgIpc) is 1.95. The molecular weight excluding hydrogens is 387 g/mol. The first-order valence-electron chi connectivity index (χ1n) is 3.65. The molecule has 15 heavy (non-hydrogen) atoms. The largest absolute Gasteiger partial charge is 0.693 e. The minimum atomic E-state index is -1.47. The van der Waals surface area contributed by atoms with Crippen molar-refractivity contribution in [1.29, 1.82) is 0 Å². The minimum Gasteiger partial charge on any atom is -0.693 e. The van der Waals surface area contributed by atoms with E-state index < -0.39 is 23.8 Å². The van der Waals surface area contributed by atoms with E-state index in [1.165, 1.54) is 0 Å². The van der Waals surface area contributed by atoms with Crippen molar-refractivity contribution < 1.29 is 45.7 Å². The third-order valence-electron chi connectivity index (χ3n) is 1.49. The molecule has 0 unspecified atom stereocenters. The van der Waals surface area contributed by atoms with E-state index >= 15 is 0 Å². The van der Waals surface area contributed by atoms with Crippen LogP contribution in [0.4, 0.5) is 0 Å². The molecular formula is C7H12N2O5Pt-. The number of aliphatic carboxylic acids is 2. The summed E-state index contributed by atoms with van der Waals surface area (Å²) in [6.07, 6.45) is -0.0993. The van der Waals surface area contributed by atoms with E-state index in [1.807, 2.05) is 0 Å². The molecule has 0 saturated heterocycles. The summed E-state index contributed by atoms with van der Waals surface area (Å²) >= 11 is 0. The fourth-order valence-corrected chi connectivity index (χ4v) is 0.819. The van der Waals surface area contributed by atoms with Gasteiger partial charge in [-0.2, -0.15) is 0 Å². The van der Waals surface area contributed by atoms with Gasteiger partial charge in [-0.1, -0.05) is 0 Å². The van der Waals surface area contributed by atoms with Crippen LogP contribution < -0.4 is 5.73 Å². The van der Waals surface area contributed by atoms with Crippen LogP contribution in [0.2, 0.25) is 0 Å². The summed E-state index contributed by atoms with van der Waals surface area (Å²) in [7, 11) is 0. The third-order valence-corrected chi connectivity index (χ3v) is 1.49. The van der Waals surface area contributed by atoms with Crippen LogP contribution in [0.3, 0.4) is 0 Å². The van der Waals surface area contributed by atoms with Crippen LogP contribution >= 0.6 is 0 Å². The predicted molar refractivity (Wildman–Crippen MR) is 46.0 cm³/mol. The Balaban J connectivity index is -0.000000720. The smallest absolute Gasteiger partial charge is 0.317 e. The van der Waals surface area contributed by atoms with Crippen molar-refractivity contribution >= 4 is 17.8 Å². The van der Waals surface area contributed by atoms with Crippen molar-refractivity contribution in [2.75, 3.05) is 0 Å². The molecule has 0 rings (SSSR count). The van der Waals surface area contributed by atoms with Crippen molar-refractivity contribution in [3.05, 3.63) is 6.15 Å². The number of hydrogen-bond donors (Lipinski definition) is 2. The van der Waals surface area contributed by atoms with Gasteiger partial charge in [0, 0.05) is 27.5 Å². The average molecular weight is 399 g/mol. The number of carboxylic acid groups (broad SMARTS) is 2. The monoisotopic (exact) mass is 399 g/mol. The van der Waals surface area contributed by atoms with Crippen molar-refractivity contribution in [2.24, 2.45) is 5.92 Å². The van der Waals surface area contributed by atoms with E-state index in [0.717, 1.165) is 0 Å². The Bertz CT molecular complexity index is 219. The maximum atomic E-state index is 10.3. The van der Waals surface area contributed by atoms with Gasteiger partial charge in [0.25, 0.3) is 0 Å². The zero-order valence-electron chi connectivity index (χ0n) is 7.71. The molecule has 0 aromatic rings. The molecule has 0 spiro atoms. The summed E-state index contributed by atoms with van der Waals surface area (Å²) in [6.45, 7) is 0. The zero-order valence-corrected chi connectivity index (χ0v) is 9.98. The van der Waals surface area contributed by atoms with Gasteiger partial charge in [-0.3, -0.25) is 20.1 Å². The first kappa shape index (κ1) is 19.6. The molecule has 8 heteroatoms. The van der Waals surface area contributed by atoms with Gasteiger partial charge in [0.1, 0.15) is 0 Å². The van der Waals surface area contributed by atoms with E-state index in [1.54, 1.807) is 0 Å². The van der Waals surface area contributed by atoms with Gasteiger partial charge in [0.05, 0.1) is 0 Å². The van der Waals surface area contributed by atoms with Crippen molar-refractivity contribution in [3.63, 3.8) is 0 Å². The molecule has 1 radical (unpaired) electrons. The summed E-state index contributed by atoms with van der Waals surface area (Å²) in [4.78, 5) is 30.7. The molecule has 0 aromatic heterocycles. The Morgan fingerprint density at radius 1 is 1.13 bits per heavy atom. The standard InChI is InChI=1S/C7H10NO5.H2N.Pt/c8-5(9)3-1-2-4(6(10)11)7(12)13;;/h4,8H,1-3H2,(H,10,11)(H,12,13);1H2;/q;-1;. The Labute approximate surface area is 101 Å². The van der Waals surface area contributed by atoms with E-state index in [4.69, 9.17) is 15.9 Å². The van der Waals surface area contributed by atoms with Gasteiger partial charge in [-0.15, -0.1) is 0 Å². The molecule has 0 heterocycles. The molecule has 0 fully saturated rings. The van der Waals surface area contributed by atoms with E-state index in [-0.39, 0.29) is 46.5 Å². The summed E-state index contributed by atoms with van der Waals surface area (Å²) in [5.74, 6) is -5.11. The molecule has 0 aliphatic heterocycles. The topological polar surface area (TPSA) is 149 Å². The minimum absolute atomic E-state index is 0. The second kappa shape index (κ2) is 9.61. The maximum absolute atomic E-state index is 10.3. The molecule has 0 aliphatic carbocycles.